The Hall–Kier alpha value is -0.790. The van der Waals surface area contributed by atoms with Crippen LogP contribution in [0.2, 0.25) is 0 Å². The van der Waals surface area contributed by atoms with Crippen LogP contribution >= 0.6 is 34.9 Å². The minimum Gasteiger partial charge on any atom is -0.384 e. The van der Waals surface area contributed by atoms with Crippen LogP contribution in [0.1, 0.15) is 0 Å². The standard InChI is InChI=1S/C8H8N4S3/c1-13-7-11-12-8(15-7)14-5-2-3-6(9)10-4-5/h2-4H,1H3,(H2,9,10). The zero-order chi connectivity index (χ0) is 10.7. The molecule has 2 aromatic heterocycles. The van der Waals surface area contributed by atoms with Crippen molar-refractivity contribution in [3.05, 3.63) is 18.3 Å². The highest BCUT2D eigenvalue weighted by Crippen LogP contribution is 2.32. The summed E-state index contributed by atoms with van der Waals surface area (Å²) in [6.45, 7) is 0. The quantitative estimate of drug-likeness (QED) is 0.851. The Labute approximate surface area is 99.7 Å². The highest BCUT2D eigenvalue weighted by atomic mass is 32.2. The molecule has 0 saturated carbocycles. The first-order valence-corrected chi connectivity index (χ1v) is 6.90. The number of aromatic nitrogens is 3. The molecule has 2 heterocycles. The molecule has 0 fully saturated rings. The lowest BCUT2D eigenvalue weighted by Gasteiger charge is -1.96. The van der Waals surface area contributed by atoms with E-state index < -0.39 is 0 Å². The van der Waals surface area contributed by atoms with Crippen molar-refractivity contribution in [1.82, 2.24) is 15.2 Å². The monoisotopic (exact) mass is 256 g/mol. The molecule has 7 heteroatoms. The van der Waals surface area contributed by atoms with Crippen molar-refractivity contribution in [2.75, 3.05) is 12.0 Å². The molecule has 0 aliphatic rings. The molecular formula is C8H8N4S3. The molecule has 0 aliphatic carbocycles. The van der Waals surface area contributed by atoms with Crippen molar-refractivity contribution < 1.29 is 0 Å². The predicted octanol–water partition coefficient (Wildman–Crippen LogP) is 2.39. The molecular weight excluding hydrogens is 248 g/mol. The molecule has 2 N–H and O–H groups in total. The fourth-order valence-corrected chi connectivity index (χ4v) is 3.25. The second-order valence-corrected chi connectivity index (χ2v) is 5.91. The third-order valence-corrected chi connectivity index (χ3v) is 4.45. The van der Waals surface area contributed by atoms with Crippen molar-refractivity contribution in [3.63, 3.8) is 0 Å². The van der Waals surface area contributed by atoms with Gasteiger partial charge in [0.2, 0.25) is 0 Å². The Morgan fingerprint density at radius 2 is 2.07 bits per heavy atom. The van der Waals surface area contributed by atoms with Crippen molar-refractivity contribution in [2.24, 2.45) is 0 Å². The first-order valence-electron chi connectivity index (χ1n) is 4.05. The number of hydrogen-bond acceptors (Lipinski definition) is 7. The first kappa shape index (κ1) is 10.7. The van der Waals surface area contributed by atoms with E-state index >= 15 is 0 Å². The molecule has 4 nitrogen and oxygen atoms in total. The summed E-state index contributed by atoms with van der Waals surface area (Å²) in [6.07, 6.45) is 3.72. The van der Waals surface area contributed by atoms with E-state index in [1.54, 1.807) is 47.1 Å². The van der Waals surface area contributed by atoms with Crippen molar-refractivity contribution in [3.8, 4) is 0 Å². The number of rotatable bonds is 3. The van der Waals surface area contributed by atoms with Crippen LogP contribution in [0.15, 0.2) is 31.9 Å². The molecule has 78 valence electrons. The number of anilines is 1. The summed E-state index contributed by atoms with van der Waals surface area (Å²) < 4.78 is 1.90. The SMILES string of the molecule is CSc1nnc(Sc2ccc(N)nc2)s1. The van der Waals surface area contributed by atoms with E-state index in [2.05, 4.69) is 15.2 Å². The number of pyridine rings is 1. The average molecular weight is 256 g/mol. The Balaban J connectivity index is 2.11. The number of hydrogen-bond donors (Lipinski definition) is 1. The topological polar surface area (TPSA) is 64.7 Å². The lowest BCUT2D eigenvalue weighted by Crippen LogP contribution is -1.87. The lowest BCUT2D eigenvalue weighted by atomic mass is 10.5. The fourth-order valence-electron chi connectivity index (χ4n) is 0.874. The molecule has 0 bridgehead atoms. The molecule has 2 rings (SSSR count). The van der Waals surface area contributed by atoms with Gasteiger partial charge in [-0.05, 0) is 18.4 Å². The molecule has 0 aliphatic heterocycles. The van der Waals surface area contributed by atoms with E-state index in [-0.39, 0.29) is 0 Å². The first-order chi connectivity index (χ1) is 7.28. The summed E-state index contributed by atoms with van der Waals surface area (Å²) in [6, 6.07) is 3.70. The number of nitrogens with zero attached hydrogens (tertiary/aromatic N) is 3. The van der Waals surface area contributed by atoms with Crippen LogP contribution in [0.4, 0.5) is 5.82 Å². The van der Waals surface area contributed by atoms with Crippen LogP contribution in [0.3, 0.4) is 0 Å². The number of nitrogens with two attached hydrogens (primary N) is 1. The van der Waals surface area contributed by atoms with Gasteiger partial charge in [-0.1, -0.05) is 34.9 Å². The van der Waals surface area contributed by atoms with E-state index in [9.17, 15) is 0 Å². The van der Waals surface area contributed by atoms with Crippen LogP contribution in [0, 0.1) is 0 Å². The molecule has 0 amide bonds. The zero-order valence-electron chi connectivity index (χ0n) is 7.88. The summed E-state index contributed by atoms with van der Waals surface area (Å²) >= 11 is 4.72. The minimum absolute atomic E-state index is 0.529. The fraction of sp³-hybridized carbons (Fsp3) is 0.125. The highest BCUT2D eigenvalue weighted by Gasteiger charge is 2.05. The molecule has 0 aromatic carbocycles. The minimum atomic E-state index is 0.529. The Morgan fingerprint density at radius 1 is 1.27 bits per heavy atom. The molecule has 15 heavy (non-hydrogen) atoms. The third kappa shape index (κ3) is 2.83. The largest absolute Gasteiger partial charge is 0.384 e. The smallest absolute Gasteiger partial charge is 0.179 e. The normalized spacial score (nSPS) is 10.5. The van der Waals surface area contributed by atoms with Gasteiger partial charge in [-0.2, -0.15) is 0 Å². The Bertz CT molecular complexity index is 439. The van der Waals surface area contributed by atoms with Crippen LogP contribution in [-0.2, 0) is 0 Å². The van der Waals surface area contributed by atoms with Crippen LogP contribution < -0.4 is 5.73 Å². The van der Waals surface area contributed by atoms with Gasteiger partial charge < -0.3 is 5.73 Å². The Morgan fingerprint density at radius 3 is 2.67 bits per heavy atom. The van der Waals surface area contributed by atoms with E-state index in [1.165, 1.54) is 0 Å². The van der Waals surface area contributed by atoms with Gasteiger partial charge in [0.1, 0.15) is 5.82 Å². The number of thioether (sulfide) groups is 1. The summed E-state index contributed by atoms with van der Waals surface area (Å²) in [4.78, 5) is 5.03. The summed E-state index contributed by atoms with van der Waals surface area (Å²) in [5.41, 5.74) is 5.50. The maximum Gasteiger partial charge on any atom is 0.179 e. The molecule has 0 atom stereocenters. The van der Waals surface area contributed by atoms with E-state index in [1.807, 2.05) is 12.3 Å². The van der Waals surface area contributed by atoms with Crippen molar-refractivity contribution in [1.29, 1.82) is 0 Å². The second-order valence-electron chi connectivity index (χ2n) is 2.56. The molecule has 0 saturated heterocycles. The van der Waals surface area contributed by atoms with Gasteiger partial charge >= 0.3 is 0 Å². The highest BCUT2D eigenvalue weighted by molar-refractivity contribution is 8.03. The molecule has 2 aromatic rings. The number of nitrogen functional groups attached to an aromatic ring is 1. The summed E-state index contributed by atoms with van der Waals surface area (Å²) in [5.74, 6) is 0.529. The van der Waals surface area contributed by atoms with Gasteiger partial charge in [0.25, 0.3) is 0 Å². The average Bonchev–Trinajstić information content (AvgIpc) is 2.69. The second kappa shape index (κ2) is 4.82. The van der Waals surface area contributed by atoms with Gasteiger partial charge in [0, 0.05) is 11.1 Å². The van der Waals surface area contributed by atoms with Gasteiger partial charge in [-0.15, -0.1) is 10.2 Å². The maximum atomic E-state index is 5.50. The summed E-state index contributed by atoms with van der Waals surface area (Å²) in [5, 5.41) is 8.07. The van der Waals surface area contributed by atoms with Crippen LogP contribution in [-0.4, -0.2) is 21.4 Å². The lowest BCUT2D eigenvalue weighted by molar-refractivity contribution is 0.955. The Kier molecular flexibility index (Phi) is 3.45. The van der Waals surface area contributed by atoms with Crippen LogP contribution in [0.25, 0.3) is 0 Å². The molecule has 0 spiro atoms. The third-order valence-electron chi connectivity index (χ3n) is 1.53. The van der Waals surface area contributed by atoms with Crippen LogP contribution in [0.5, 0.6) is 0 Å². The zero-order valence-corrected chi connectivity index (χ0v) is 10.3. The molecule has 0 radical (unpaired) electrons. The van der Waals surface area contributed by atoms with E-state index in [0.29, 0.717) is 5.82 Å². The van der Waals surface area contributed by atoms with Crippen molar-refractivity contribution >= 4 is 40.7 Å². The van der Waals surface area contributed by atoms with Gasteiger partial charge in [0.15, 0.2) is 8.68 Å². The van der Waals surface area contributed by atoms with Gasteiger partial charge in [-0.3, -0.25) is 0 Å². The van der Waals surface area contributed by atoms with Gasteiger partial charge in [-0.25, -0.2) is 4.98 Å². The van der Waals surface area contributed by atoms with Gasteiger partial charge in [0.05, 0.1) is 0 Å². The predicted molar refractivity (Wildman–Crippen MR) is 64.5 cm³/mol. The molecule has 0 unspecified atom stereocenters. The maximum absolute atomic E-state index is 5.50. The van der Waals surface area contributed by atoms with E-state index in [4.69, 9.17) is 5.73 Å². The summed E-state index contributed by atoms with van der Waals surface area (Å²) in [7, 11) is 0. The van der Waals surface area contributed by atoms with E-state index in [0.717, 1.165) is 13.6 Å². The van der Waals surface area contributed by atoms with Crippen molar-refractivity contribution in [2.45, 2.75) is 13.6 Å².